The van der Waals surface area contributed by atoms with Crippen LogP contribution in [0.4, 0.5) is 30.4 Å². The molecule has 1 aromatic carbocycles. The molecule has 0 atom stereocenters. The van der Waals surface area contributed by atoms with Crippen molar-refractivity contribution in [3.05, 3.63) is 57.2 Å². The normalized spacial score (nSPS) is 11.2. The van der Waals surface area contributed by atoms with E-state index in [9.17, 15) is 23.3 Å². The molecule has 0 saturated carbocycles. The SMILES string of the molecule is O=[N+]([O-])c1cc(C(F)(F)F)c(Cl)cc1Nc1cc[c]cn1. The van der Waals surface area contributed by atoms with Gasteiger partial charge in [-0.05, 0) is 18.2 Å². The van der Waals surface area contributed by atoms with Crippen molar-refractivity contribution in [3.63, 3.8) is 0 Å². The van der Waals surface area contributed by atoms with E-state index in [-0.39, 0.29) is 11.5 Å². The second-order valence-corrected chi connectivity index (χ2v) is 4.28. The number of nitrogens with one attached hydrogen (secondary N) is 1. The van der Waals surface area contributed by atoms with Gasteiger partial charge in [0, 0.05) is 18.3 Å². The summed E-state index contributed by atoms with van der Waals surface area (Å²) < 4.78 is 38.1. The van der Waals surface area contributed by atoms with Gasteiger partial charge in [-0.1, -0.05) is 11.6 Å². The summed E-state index contributed by atoms with van der Waals surface area (Å²) in [5, 5.41) is 12.8. The Kier molecular flexibility index (Phi) is 3.99. The molecule has 1 N–H and O–H groups in total. The van der Waals surface area contributed by atoms with E-state index in [0.29, 0.717) is 6.07 Å². The molecule has 9 heteroatoms. The maximum absolute atomic E-state index is 12.7. The molecule has 0 unspecified atom stereocenters. The van der Waals surface area contributed by atoms with Gasteiger partial charge in [-0.2, -0.15) is 13.2 Å². The van der Waals surface area contributed by atoms with Crippen LogP contribution < -0.4 is 5.32 Å². The Morgan fingerprint density at radius 1 is 1.38 bits per heavy atom. The van der Waals surface area contributed by atoms with Crippen LogP contribution in [-0.2, 0) is 6.18 Å². The van der Waals surface area contributed by atoms with Crippen molar-refractivity contribution in [2.75, 3.05) is 5.32 Å². The molecule has 0 aliphatic carbocycles. The Bertz CT molecular complexity index is 677. The zero-order chi connectivity index (χ0) is 15.6. The first-order valence-corrected chi connectivity index (χ1v) is 5.81. The summed E-state index contributed by atoms with van der Waals surface area (Å²) in [5.74, 6) is 0.215. The van der Waals surface area contributed by atoms with Crippen LogP contribution >= 0.6 is 11.6 Å². The molecular formula is C12H6ClF3N3O2. The lowest BCUT2D eigenvalue weighted by atomic mass is 10.1. The Morgan fingerprint density at radius 3 is 2.62 bits per heavy atom. The zero-order valence-electron chi connectivity index (χ0n) is 10.1. The van der Waals surface area contributed by atoms with Gasteiger partial charge in [-0.25, -0.2) is 4.98 Å². The van der Waals surface area contributed by atoms with Gasteiger partial charge in [0.1, 0.15) is 11.5 Å². The predicted molar refractivity (Wildman–Crippen MR) is 69.5 cm³/mol. The van der Waals surface area contributed by atoms with E-state index in [1.165, 1.54) is 18.3 Å². The fraction of sp³-hybridized carbons (Fsp3) is 0.0833. The third-order valence-electron chi connectivity index (χ3n) is 2.47. The smallest absolute Gasteiger partial charge is 0.335 e. The first-order valence-electron chi connectivity index (χ1n) is 5.43. The van der Waals surface area contributed by atoms with Crippen molar-refractivity contribution in [1.82, 2.24) is 4.98 Å². The van der Waals surface area contributed by atoms with E-state index in [0.717, 1.165) is 6.07 Å². The molecule has 0 amide bonds. The highest BCUT2D eigenvalue weighted by atomic mass is 35.5. The maximum atomic E-state index is 12.7. The fourth-order valence-corrected chi connectivity index (χ4v) is 1.83. The van der Waals surface area contributed by atoms with Gasteiger partial charge in [-0.3, -0.25) is 10.1 Å². The van der Waals surface area contributed by atoms with E-state index in [1.807, 2.05) is 0 Å². The van der Waals surface area contributed by atoms with E-state index >= 15 is 0 Å². The molecule has 2 rings (SSSR count). The van der Waals surface area contributed by atoms with E-state index in [2.05, 4.69) is 16.4 Å². The molecule has 0 fully saturated rings. The van der Waals surface area contributed by atoms with Crippen molar-refractivity contribution in [2.45, 2.75) is 6.18 Å². The topological polar surface area (TPSA) is 68.1 Å². The van der Waals surface area contributed by atoms with E-state index in [4.69, 9.17) is 11.6 Å². The highest BCUT2D eigenvalue weighted by Crippen LogP contribution is 2.40. The molecule has 5 nitrogen and oxygen atoms in total. The highest BCUT2D eigenvalue weighted by molar-refractivity contribution is 6.31. The lowest BCUT2D eigenvalue weighted by Gasteiger charge is -2.12. The number of alkyl halides is 3. The molecule has 21 heavy (non-hydrogen) atoms. The fourth-order valence-electron chi connectivity index (χ4n) is 1.56. The van der Waals surface area contributed by atoms with Gasteiger partial charge in [-0.15, -0.1) is 0 Å². The van der Waals surface area contributed by atoms with Crippen LogP contribution in [0.25, 0.3) is 0 Å². The van der Waals surface area contributed by atoms with Gasteiger partial charge < -0.3 is 5.32 Å². The van der Waals surface area contributed by atoms with Crippen molar-refractivity contribution in [3.8, 4) is 0 Å². The highest BCUT2D eigenvalue weighted by Gasteiger charge is 2.36. The van der Waals surface area contributed by atoms with Crippen molar-refractivity contribution in [1.29, 1.82) is 0 Å². The number of hydrogen-bond acceptors (Lipinski definition) is 4. The molecule has 1 heterocycles. The largest absolute Gasteiger partial charge is 0.418 e. The summed E-state index contributed by atoms with van der Waals surface area (Å²) >= 11 is 5.55. The molecule has 2 aromatic rings. The molecule has 0 spiro atoms. The van der Waals surface area contributed by atoms with Crippen molar-refractivity contribution >= 4 is 28.8 Å². The van der Waals surface area contributed by atoms with Crippen LogP contribution in [-0.4, -0.2) is 9.91 Å². The van der Waals surface area contributed by atoms with Crippen LogP contribution in [0.5, 0.6) is 0 Å². The number of benzene rings is 1. The minimum atomic E-state index is -4.78. The molecule has 0 aliphatic heterocycles. The van der Waals surface area contributed by atoms with Crippen molar-refractivity contribution in [2.24, 2.45) is 0 Å². The number of hydrogen-bond donors (Lipinski definition) is 1. The standard InChI is InChI=1S/C12H6ClF3N3O2/c13-8-6-9(18-11-3-1-2-4-17-11)10(19(20)21)5-7(8)12(14,15)16/h1,3-6H,(H,17,18). The lowest BCUT2D eigenvalue weighted by Crippen LogP contribution is -2.08. The zero-order valence-corrected chi connectivity index (χ0v) is 10.9. The summed E-state index contributed by atoms with van der Waals surface area (Å²) in [4.78, 5) is 13.8. The summed E-state index contributed by atoms with van der Waals surface area (Å²) in [6.45, 7) is 0. The molecule has 0 saturated heterocycles. The number of nitrogens with zero attached hydrogens (tertiary/aromatic N) is 2. The van der Waals surface area contributed by atoms with Crippen LogP contribution in [0.1, 0.15) is 5.56 Å². The lowest BCUT2D eigenvalue weighted by molar-refractivity contribution is -0.384. The monoisotopic (exact) mass is 316 g/mol. The van der Waals surface area contributed by atoms with Crippen molar-refractivity contribution < 1.29 is 18.1 Å². The van der Waals surface area contributed by atoms with Crippen LogP contribution in [0.3, 0.4) is 0 Å². The Balaban J connectivity index is 2.51. The first-order chi connectivity index (χ1) is 9.79. The number of aromatic nitrogens is 1. The summed E-state index contributed by atoms with van der Waals surface area (Å²) in [7, 11) is 0. The molecular weight excluding hydrogens is 311 g/mol. The number of anilines is 2. The average molecular weight is 317 g/mol. The minimum Gasteiger partial charge on any atom is -0.335 e. The number of rotatable bonds is 3. The molecule has 1 aromatic heterocycles. The van der Waals surface area contributed by atoms with Crippen LogP contribution in [0, 0.1) is 16.2 Å². The third kappa shape index (κ3) is 3.40. The van der Waals surface area contributed by atoms with E-state index in [1.54, 1.807) is 0 Å². The molecule has 0 bridgehead atoms. The quantitative estimate of drug-likeness (QED) is 0.680. The second kappa shape index (κ2) is 5.57. The Hall–Kier alpha value is -2.35. The maximum Gasteiger partial charge on any atom is 0.418 e. The number of nitro groups is 1. The van der Waals surface area contributed by atoms with Gasteiger partial charge in [0.05, 0.1) is 15.5 Å². The summed E-state index contributed by atoms with van der Waals surface area (Å²) in [5.41, 5.74) is -2.20. The number of halogens is 4. The van der Waals surface area contributed by atoms with Gasteiger partial charge in [0.2, 0.25) is 0 Å². The van der Waals surface area contributed by atoms with Crippen LogP contribution in [0.2, 0.25) is 5.02 Å². The summed E-state index contributed by atoms with van der Waals surface area (Å²) in [6, 6.07) is 6.82. The second-order valence-electron chi connectivity index (χ2n) is 3.87. The number of pyridine rings is 1. The predicted octanol–water partition coefficient (Wildman–Crippen LogP) is 4.21. The van der Waals surface area contributed by atoms with E-state index < -0.39 is 27.4 Å². The van der Waals surface area contributed by atoms with Crippen LogP contribution in [0.15, 0.2) is 30.5 Å². The average Bonchev–Trinajstić information content (AvgIpc) is 2.38. The summed E-state index contributed by atoms with van der Waals surface area (Å²) in [6.07, 6.45) is -3.47. The molecule has 1 radical (unpaired) electrons. The molecule has 0 aliphatic rings. The van der Waals surface area contributed by atoms with Gasteiger partial charge >= 0.3 is 6.18 Å². The first kappa shape index (κ1) is 15.0. The van der Waals surface area contributed by atoms with Gasteiger partial charge in [0.25, 0.3) is 5.69 Å². The Morgan fingerprint density at radius 2 is 2.10 bits per heavy atom. The minimum absolute atomic E-state index is 0.184. The molecule has 109 valence electrons. The Labute approximate surface area is 121 Å². The number of nitro benzene ring substituents is 1. The van der Waals surface area contributed by atoms with Gasteiger partial charge in [0.15, 0.2) is 0 Å². The third-order valence-corrected chi connectivity index (χ3v) is 2.78.